The summed E-state index contributed by atoms with van der Waals surface area (Å²) in [6.45, 7) is 0.927. The van der Waals surface area contributed by atoms with Crippen molar-refractivity contribution in [1.29, 1.82) is 5.26 Å². The molecule has 0 fully saturated rings. The average molecular weight is 433 g/mol. The molecule has 3 bridgehead atoms. The van der Waals surface area contributed by atoms with Crippen molar-refractivity contribution in [2.24, 2.45) is 15.0 Å². The standard InChI is InChI=1S/C25H19N7O/c26-13-19-14-28-25-29-20-11-17-3-1-4-18-16-31-8-2-5-21(31)15-27-7-10-33-9-6-22(19)32(25)23(12-20)30-24(17)18/h1-8,10,12,14-15H,9,11,16H2,(H,28,29)/b10-7-,22-6+,27-15+. The van der Waals surface area contributed by atoms with Gasteiger partial charge in [0.1, 0.15) is 24.8 Å². The van der Waals surface area contributed by atoms with Gasteiger partial charge in [-0.3, -0.25) is 9.89 Å². The molecular weight excluding hydrogens is 414 g/mol. The number of allylic oxidation sites excluding steroid dienone is 2. The number of fused-ring (bicyclic) bond motifs is 1. The lowest BCUT2D eigenvalue weighted by Crippen LogP contribution is -2.48. The van der Waals surface area contributed by atoms with Crippen LogP contribution in [0.5, 0.6) is 0 Å². The summed E-state index contributed by atoms with van der Waals surface area (Å²) in [6, 6.07) is 12.6. The maximum Gasteiger partial charge on any atom is 0.213 e. The Bertz CT molecular complexity index is 1410. The minimum Gasteiger partial charge on any atom is -0.495 e. The molecule has 0 atom stereocenters. The number of ether oxygens (including phenoxy) is 1. The van der Waals surface area contributed by atoms with E-state index in [2.05, 4.69) is 44.1 Å². The molecule has 4 aliphatic heterocycles. The molecule has 0 saturated heterocycles. The Morgan fingerprint density at radius 1 is 1.15 bits per heavy atom. The van der Waals surface area contributed by atoms with Crippen LogP contribution in [0.25, 0.3) is 0 Å². The first kappa shape index (κ1) is 19.1. The Kier molecular flexibility index (Phi) is 4.51. The Labute approximate surface area is 190 Å². The highest BCUT2D eigenvalue weighted by Gasteiger charge is 2.32. The molecule has 4 aliphatic rings. The van der Waals surface area contributed by atoms with Crippen LogP contribution in [-0.2, 0) is 17.7 Å². The van der Waals surface area contributed by atoms with E-state index < -0.39 is 0 Å². The first-order valence-electron chi connectivity index (χ1n) is 10.6. The lowest BCUT2D eigenvalue weighted by atomic mass is 10.0. The van der Waals surface area contributed by atoms with Crippen molar-refractivity contribution in [3.05, 3.63) is 101 Å². The molecule has 8 nitrogen and oxygen atoms in total. The summed E-state index contributed by atoms with van der Waals surface area (Å²) in [5.41, 5.74) is 6.31. The lowest BCUT2D eigenvalue weighted by molar-refractivity contribution is 0.287. The number of guanidine groups is 1. The van der Waals surface area contributed by atoms with Crippen LogP contribution in [0.3, 0.4) is 0 Å². The number of aromatic nitrogens is 1. The van der Waals surface area contributed by atoms with Crippen molar-refractivity contribution in [2.45, 2.75) is 13.0 Å². The molecule has 5 heterocycles. The van der Waals surface area contributed by atoms with E-state index in [9.17, 15) is 5.26 Å². The molecule has 0 saturated carbocycles. The summed E-state index contributed by atoms with van der Waals surface area (Å²) >= 11 is 0. The van der Waals surface area contributed by atoms with Gasteiger partial charge in [0.05, 0.1) is 41.3 Å². The van der Waals surface area contributed by atoms with E-state index in [0.717, 1.165) is 34.0 Å². The normalized spacial score (nSPS) is 21.9. The van der Waals surface area contributed by atoms with E-state index in [-0.39, 0.29) is 6.61 Å². The highest BCUT2D eigenvalue weighted by molar-refractivity contribution is 6.13. The van der Waals surface area contributed by atoms with Crippen molar-refractivity contribution < 1.29 is 4.74 Å². The van der Waals surface area contributed by atoms with Crippen LogP contribution in [0.15, 0.2) is 99.3 Å². The molecule has 0 aliphatic carbocycles. The number of nitriles is 1. The Morgan fingerprint density at radius 2 is 2.09 bits per heavy atom. The third kappa shape index (κ3) is 3.36. The van der Waals surface area contributed by atoms with Crippen molar-refractivity contribution in [3.8, 4) is 6.07 Å². The van der Waals surface area contributed by atoms with Gasteiger partial charge in [-0.15, -0.1) is 0 Å². The van der Waals surface area contributed by atoms with E-state index in [1.165, 1.54) is 6.26 Å². The molecule has 8 heteroatoms. The number of nitrogens with one attached hydrogen (secondary N) is 1. The van der Waals surface area contributed by atoms with Gasteiger partial charge in [0.2, 0.25) is 5.96 Å². The number of hydrogen-bond acceptors (Lipinski definition) is 7. The maximum absolute atomic E-state index is 9.72. The smallest absolute Gasteiger partial charge is 0.213 e. The highest BCUT2D eigenvalue weighted by atomic mass is 16.5. The molecule has 1 N–H and O–H groups in total. The van der Waals surface area contributed by atoms with Gasteiger partial charge in [0, 0.05) is 30.9 Å². The summed E-state index contributed by atoms with van der Waals surface area (Å²) in [5.74, 6) is 1.34. The fourth-order valence-corrected chi connectivity index (χ4v) is 4.30. The second-order valence-electron chi connectivity index (χ2n) is 7.86. The van der Waals surface area contributed by atoms with Crippen molar-refractivity contribution in [3.63, 3.8) is 0 Å². The fraction of sp³-hybridized carbons (Fsp3) is 0.120. The number of hydrogen-bond donors (Lipinski definition) is 1. The molecule has 0 unspecified atom stereocenters. The Hall–Kier alpha value is -4.64. The molecule has 6 rings (SSSR count). The van der Waals surface area contributed by atoms with Crippen LogP contribution in [0, 0.1) is 11.3 Å². The summed E-state index contributed by atoms with van der Waals surface area (Å²) in [6.07, 6.45) is 13.2. The van der Waals surface area contributed by atoms with Crippen LogP contribution >= 0.6 is 0 Å². The van der Waals surface area contributed by atoms with E-state index in [4.69, 9.17) is 9.73 Å². The molecule has 0 spiro atoms. The third-order valence-corrected chi connectivity index (χ3v) is 5.81. The summed E-state index contributed by atoms with van der Waals surface area (Å²) in [7, 11) is 0. The molecule has 1 aromatic carbocycles. The maximum atomic E-state index is 9.72. The quantitative estimate of drug-likeness (QED) is 0.689. The van der Waals surface area contributed by atoms with Crippen LogP contribution in [0.1, 0.15) is 16.8 Å². The molecular formula is C25H19N7O. The van der Waals surface area contributed by atoms with Crippen LogP contribution in [0.4, 0.5) is 5.69 Å². The predicted molar refractivity (Wildman–Crippen MR) is 126 cm³/mol. The minimum absolute atomic E-state index is 0.270. The van der Waals surface area contributed by atoms with Crippen molar-refractivity contribution >= 4 is 23.7 Å². The number of aliphatic imine (C=N–C) groups is 3. The molecule has 0 amide bonds. The Morgan fingerprint density at radius 3 is 3.03 bits per heavy atom. The zero-order valence-corrected chi connectivity index (χ0v) is 17.6. The van der Waals surface area contributed by atoms with Gasteiger partial charge in [-0.25, -0.2) is 9.98 Å². The van der Waals surface area contributed by atoms with Gasteiger partial charge in [0.25, 0.3) is 0 Å². The van der Waals surface area contributed by atoms with Gasteiger partial charge in [-0.05, 0) is 29.3 Å². The average Bonchev–Trinajstić information content (AvgIpc) is 3.19. The zero-order valence-electron chi connectivity index (χ0n) is 17.6. The SMILES string of the molecule is N#CC1=CN=C2NC3=CC4=Nc5c(cccc5Cn5cccc5/C=N/C=C\OC/C=C\1N42)C3. The second-order valence-corrected chi connectivity index (χ2v) is 7.86. The van der Waals surface area contributed by atoms with Gasteiger partial charge in [-0.2, -0.15) is 5.26 Å². The van der Waals surface area contributed by atoms with E-state index >= 15 is 0 Å². The summed E-state index contributed by atoms with van der Waals surface area (Å²) < 4.78 is 7.74. The van der Waals surface area contributed by atoms with Gasteiger partial charge in [0.15, 0.2) is 0 Å². The first-order chi connectivity index (χ1) is 16.3. The van der Waals surface area contributed by atoms with E-state index in [1.54, 1.807) is 18.6 Å². The lowest BCUT2D eigenvalue weighted by Gasteiger charge is -2.34. The molecule has 0 radical (unpaired) electrons. The minimum atomic E-state index is 0.270. The van der Waals surface area contributed by atoms with Gasteiger partial charge < -0.3 is 14.6 Å². The number of benzene rings is 1. The zero-order chi connectivity index (χ0) is 22.2. The molecule has 1 aromatic heterocycles. The van der Waals surface area contributed by atoms with Crippen molar-refractivity contribution in [2.75, 3.05) is 6.61 Å². The first-order valence-corrected chi connectivity index (χ1v) is 10.6. The van der Waals surface area contributed by atoms with Crippen LogP contribution in [-0.4, -0.2) is 34.1 Å². The predicted octanol–water partition coefficient (Wildman–Crippen LogP) is 3.49. The highest BCUT2D eigenvalue weighted by Crippen LogP contribution is 2.34. The summed E-state index contributed by atoms with van der Waals surface area (Å²) in [4.78, 5) is 15.8. The van der Waals surface area contributed by atoms with E-state index in [0.29, 0.717) is 30.2 Å². The topological polar surface area (TPSA) is 90.3 Å². The van der Waals surface area contributed by atoms with Gasteiger partial charge in [-0.1, -0.05) is 18.2 Å². The molecule has 33 heavy (non-hydrogen) atoms. The van der Waals surface area contributed by atoms with E-state index in [1.807, 2.05) is 35.4 Å². The third-order valence-electron chi connectivity index (χ3n) is 5.81. The van der Waals surface area contributed by atoms with Crippen LogP contribution in [0.2, 0.25) is 0 Å². The number of para-hydroxylation sites is 1. The Balaban J connectivity index is 1.55. The fourth-order valence-electron chi connectivity index (χ4n) is 4.30. The van der Waals surface area contributed by atoms with Gasteiger partial charge >= 0.3 is 0 Å². The monoisotopic (exact) mass is 433 g/mol. The summed E-state index contributed by atoms with van der Waals surface area (Å²) in [5, 5.41) is 13.1. The second kappa shape index (κ2) is 7.80. The largest absolute Gasteiger partial charge is 0.495 e. The molecule has 2 aromatic rings. The number of rotatable bonds is 0. The van der Waals surface area contributed by atoms with Crippen molar-refractivity contribution in [1.82, 2.24) is 14.8 Å². The van der Waals surface area contributed by atoms with Crippen LogP contribution < -0.4 is 5.32 Å². The number of nitrogens with zero attached hydrogens (tertiary/aromatic N) is 6. The molecule has 160 valence electrons. The number of amidine groups is 1.